The van der Waals surface area contributed by atoms with E-state index in [1.54, 1.807) is 0 Å². The molecule has 2 rings (SSSR count). The van der Waals surface area contributed by atoms with E-state index in [1.807, 2.05) is 0 Å². The molecule has 1 N–H and O–H groups in total. The van der Waals surface area contributed by atoms with Gasteiger partial charge in [-0.25, -0.2) is 9.37 Å². The van der Waals surface area contributed by atoms with Crippen molar-refractivity contribution in [3.63, 3.8) is 0 Å². The van der Waals surface area contributed by atoms with Crippen LogP contribution in [0, 0.1) is 5.82 Å². The summed E-state index contributed by atoms with van der Waals surface area (Å²) >= 11 is 3.06. The second-order valence-corrected chi connectivity index (χ2v) is 4.76. The normalized spacial score (nSPS) is 11.3. The molecule has 112 valence electrons. The van der Waals surface area contributed by atoms with Gasteiger partial charge in [0, 0.05) is 17.6 Å². The lowest BCUT2D eigenvalue weighted by Gasteiger charge is -2.11. The molecule has 1 heterocycles. The van der Waals surface area contributed by atoms with Crippen molar-refractivity contribution in [2.24, 2.45) is 0 Å². The molecule has 0 aliphatic rings. The van der Waals surface area contributed by atoms with Crippen LogP contribution in [0.2, 0.25) is 0 Å². The Labute approximate surface area is 125 Å². The molecule has 0 saturated carbocycles. The van der Waals surface area contributed by atoms with Gasteiger partial charge in [-0.3, -0.25) is 0 Å². The number of alkyl halides is 3. The van der Waals surface area contributed by atoms with Crippen molar-refractivity contribution in [3.05, 3.63) is 40.4 Å². The van der Waals surface area contributed by atoms with Crippen LogP contribution in [0.5, 0.6) is 11.6 Å². The highest BCUT2D eigenvalue weighted by atomic mass is 79.9. The number of aromatic nitrogens is 2. The summed E-state index contributed by atoms with van der Waals surface area (Å²) in [6, 6.07) is 5.02. The van der Waals surface area contributed by atoms with E-state index in [-0.39, 0.29) is 11.6 Å². The number of rotatable bonds is 3. The molecule has 1 aromatic heterocycles. The van der Waals surface area contributed by atoms with Gasteiger partial charge in [0.05, 0.1) is 0 Å². The molecular weight excluding hydrogens is 358 g/mol. The van der Waals surface area contributed by atoms with Gasteiger partial charge < -0.3 is 10.1 Å². The molecule has 0 saturated heterocycles. The monoisotopic (exact) mass is 365 g/mol. The summed E-state index contributed by atoms with van der Waals surface area (Å²) in [7, 11) is 1.40. The van der Waals surface area contributed by atoms with Gasteiger partial charge >= 0.3 is 6.18 Å². The van der Waals surface area contributed by atoms with Crippen molar-refractivity contribution in [1.82, 2.24) is 9.97 Å². The van der Waals surface area contributed by atoms with Gasteiger partial charge in [-0.05, 0) is 18.2 Å². The zero-order valence-electron chi connectivity index (χ0n) is 10.5. The summed E-state index contributed by atoms with van der Waals surface area (Å²) < 4.78 is 57.1. The van der Waals surface area contributed by atoms with Crippen LogP contribution in [-0.4, -0.2) is 17.0 Å². The van der Waals surface area contributed by atoms with Crippen LogP contribution in [0.3, 0.4) is 0 Å². The van der Waals surface area contributed by atoms with Crippen molar-refractivity contribution < 1.29 is 22.3 Å². The minimum Gasteiger partial charge on any atom is -0.436 e. The highest BCUT2D eigenvalue weighted by Crippen LogP contribution is 2.31. The van der Waals surface area contributed by atoms with E-state index in [9.17, 15) is 17.6 Å². The first-order chi connectivity index (χ1) is 9.79. The van der Waals surface area contributed by atoms with Crippen molar-refractivity contribution in [3.8, 4) is 11.6 Å². The molecule has 0 unspecified atom stereocenters. The van der Waals surface area contributed by atoms with Crippen molar-refractivity contribution in [1.29, 1.82) is 0 Å². The van der Waals surface area contributed by atoms with E-state index >= 15 is 0 Å². The minimum atomic E-state index is -4.73. The zero-order chi connectivity index (χ0) is 15.6. The lowest BCUT2D eigenvalue weighted by molar-refractivity contribution is -0.145. The standard InChI is InChI=1S/C12H8BrF4N3O/c1-18-9-5-10(20-11(19-9)12(15,16)17)21-8-3-2-6(13)4-7(8)14/h2-5H,1H3,(H,18,19,20). The average molecular weight is 366 g/mol. The fraction of sp³-hybridized carbons (Fsp3) is 0.167. The maximum absolute atomic E-state index is 13.6. The van der Waals surface area contributed by atoms with Crippen LogP contribution >= 0.6 is 15.9 Å². The fourth-order valence-corrected chi connectivity index (χ4v) is 1.74. The molecule has 1 aromatic carbocycles. The van der Waals surface area contributed by atoms with Crippen LogP contribution in [0.25, 0.3) is 0 Å². The first kappa shape index (κ1) is 15.5. The van der Waals surface area contributed by atoms with E-state index in [1.165, 1.54) is 19.2 Å². The van der Waals surface area contributed by atoms with E-state index in [2.05, 4.69) is 31.2 Å². The topological polar surface area (TPSA) is 47.0 Å². The third kappa shape index (κ3) is 3.81. The maximum Gasteiger partial charge on any atom is 0.451 e. The zero-order valence-corrected chi connectivity index (χ0v) is 12.1. The minimum absolute atomic E-state index is 0.0927. The third-order valence-corrected chi connectivity index (χ3v) is 2.81. The van der Waals surface area contributed by atoms with E-state index in [0.717, 1.165) is 12.1 Å². The van der Waals surface area contributed by atoms with Crippen molar-refractivity contribution in [2.45, 2.75) is 6.18 Å². The van der Waals surface area contributed by atoms with E-state index in [4.69, 9.17) is 4.74 Å². The Bertz CT molecular complexity index is 663. The molecule has 21 heavy (non-hydrogen) atoms. The summed E-state index contributed by atoms with van der Waals surface area (Å²) in [6.45, 7) is 0. The Morgan fingerprint density at radius 2 is 1.90 bits per heavy atom. The maximum atomic E-state index is 13.6. The lowest BCUT2D eigenvalue weighted by atomic mass is 10.3. The number of hydrogen-bond donors (Lipinski definition) is 1. The molecule has 0 aliphatic carbocycles. The van der Waals surface area contributed by atoms with Gasteiger partial charge in [-0.2, -0.15) is 18.2 Å². The number of nitrogens with one attached hydrogen (secondary N) is 1. The molecule has 0 radical (unpaired) electrons. The predicted molar refractivity (Wildman–Crippen MR) is 70.8 cm³/mol. The van der Waals surface area contributed by atoms with Crippen molar-refractivity contribution >= 4 is 21.7 Å². The number of benzene rings is 1. The average Bonchev–Trinajstić information content (AvgIpc) is 2.40. The van der Waals surface area contributed by atoms with Gasteiger partial charge in [-0.15, -0.1) is 0 Å². The number of anilines is 1. The second kappa shape index (κ2) is 5.84. The van der Waals surface area contributed by atoms with E-state index in [0.29, 0.717) is 4.47 Å². The molecule has 0 amide bonds. The Kier molecular flexibility index (Phi) is 4.31. The molecule has 9 heteroatoms. The first-order valence-electron chi connectivity index (χ1n) is 5.56. The number of nitrogens with zero attached hydrogens (tertiary/aromatic N) is 2. The second-order valence-electron chi connectivity index (χ2n) is 3.84. The predicted octanol–water partition coefficient (Wildman–Crippen LogP) is 4.23. The van der Waals surface area contributed by atoms with Gasteiger partial charge in [0.2, 0.25) is 11.7 Å². The largest absolute Gasteiger partial charge is 0.451 e. The number of ether oxygens (including phenoxy) is 1. The highest BCUT2D eigenvalue weighted by Gasteiger charge is 2.35. The fourth-order valence-electron chi connectivity index (χ4n) is 1.40. The van der Waals surface area contributed by atoms with Gasteiger partial charge in [-0.1, -0.05) is 15.9 Å². The van der Waals surface area contributed by atoms with E-state index < -0.39 is 23.7 Å². The summed E-state index contributed by atoms with van der Waals surface area (Å²) in [4.78, 5) is 6.51. The van der Waals surface area contributed by atoms with Gasteiger partial charge in [0.1, 0.15) is 5.82 Å². The third-order valence-electron chi connectivity index (χ3n) is 2.32. The molecule has 0 bridgehead atoms. The smallest absolute Gasteiger partial charge is 0.436 e. The molecule has 2 aromatic rings. The summed E-state index contributed by atoms with van der Waals surface area (Å²) in [5.74, 6) is -2.86. The summed E-state index contributed by atoms with van der Waals surface area (Å²) in [5, 5.41) is 2.46. The molecule has 4 nitrogen and oxygen atoms in total. The SMILES string of the molecule is CNc1cc(Oc2ccc(Br)cc2F)nc(C(F)(F)F)n1. The Hall–Kier alpha value is -1.90. The Morgan fingerprint density at radius 1 is 1.19 bits per heavy atom. The summed E-state index contributed by atoms with van der Waals surface area (Å²) in [6.07, 6.45) is -4.73. The lowest BCUT2D eigenvalue weighted by Crippen LogP contribution is -2.13. The van der Waals surface area contributed by atoms with Gasteiger partial charge in [0.25, 0.3) is 0 Å². The molecule has 0 spiro atoms. The van der Waals surface area contributed by atoms with Crippen LogP contribution in [0.1, 0.15) is 5.82 Å². The Morgan fingerprint density at radius 3 is 2.48 bits per heavy atom. The summed E-state index contributed by atoms with van der Waals surface area (Å²) in [5.41, 5.74) is 0. The first-order valence-corrected chi connectivity index (χ1v) is 6.36. The molecule has 0 aliphatic heterocycles. The van der Waals surface area contributed by atoms with Crippen LogP contribution in [0.15, 0.2) is 28.7 Å². The van der Waals surface area contributed by atoms with Crippen LogP contribution in [-0.2, 0) is 6.18 Å². The highest BCUT2D eigenvalue weighted by molar-refractivity contribution is 9.10. The van der Waals surface area contributed by atoms with Crippen LogP contribution in [0.4, 0.5) is 23.4 Å². The molecular formula is C12H8BrF4N3O. The quantitative estimate of drug-likeness (QED) is 0.826. The van der Waals surface area contributed by atoms with Crippen LogP contribution < -0.4 is 10.1 Å². The Balaban J connectivity index is 2.39. The number of hydrogen-bond acceptors (Lipinski definition) is 4. The van der Waals surface area contributed by atoms with Gasteiger partial charge in [0.15, 0.2) is 11.6 Å². The van der Waals surface area contributed by atoms with Crippen molar-refractivity contribution in [2.75, 3.05) is 12.4 Å². The molecule has 0 fully saturated rings. The molecule has 0 atom stereocenters. The number of halogens is 5.